The molecule has 0 atom stereocenters. The minimum atomic E-state index is 0.741. The van der Waals surface area contributed by atoms with Crippen LogP contribution in [0.5, 0.6) is 5.75 Å². The molecule has 0 aliphatic carbocycles. The predicted molar refractivity (Wildman–Crippen MR) is 119 cm³/mol. The smallest absolute Gasteiger partial charge is 0.122 e. The molecule has 3 heteroatoms. The number of nitrogens with zero attached hydrogens (tertiary/aromatic N) is 2. The van der Waals surface area contributed by atoms with E-state index in [4.69, 9.17) is 4.74 Å². The second-order valence-electron chi connectivity index (χ2n) is 7.72. The topological polar surface area (TPSA) is 15.7 Å². The zero-order valence-corrected chi connectivity index (χ0v) is 17.0. The lowest BCUT2D eigenvalue weighted by molar-refractivity contribution is 0.112. The van der Waals surface area contributed by atoms with Crippen molar-refractivity contribution in [3.8, 4) is 5.75 Å². The Labute approximate surface area is 174 Å². The van der Waals surface area contributed by atoms with Crippen LogP contribution in [0.1, 0.15) is 16.7 Å². The van der Waals surface area contributed by atoms with Crippen LogP contribution in [-0.4, -0.2) is 49.1 Å². The first-order valence-electron chi connectivity index (χ1n) is 10.6. The van der Waals surface area contributed by atoms with Gasteiger partial charge in [0.15, 0.2) is 0 Å². The van der Waals surface area contributed by atoms with Crippen molar-refractivity contribution in [3.63, 3.8) is 0 Å². The van der Waals surface area contributed by atoms with Crippen LogP contribution in [0.15, 0.2) is 84.9 Å². The summed E-state index contributed by atoms with van der Waals surface area (Å²) in [6.07, 6.45) is 0.912. The molecule has 0 aromatic heterocycles. The summed E-state index contributed by atoms with van der Waals surface area (Å²) in [6, 6.07) is 29.8. The average molecular weight is 387 g/mol. The number of para-hydroxylation sites is 1. The van der Waals surface area contributed by atoms with Crippen molar-refractivity contribution in [1.82, 2.24) is 9.80 Å². The van der Waals surface area contributed by atoms with Gasteiger partial charge in [-0.3, -0.25) is 9.80 Å². The molecule has 1 fully saturated rings. The number of hydrogen-bond acceptors (Lipinski definition) is 3. The Morgan fingerprint density at radius 3 is 1.93 bits per heavy atom. The molecule has 0 N–H and O–H groups in total. The normalized spacial score (nSPS) is 15.3. The molecule has 1 saturated heterocycles. The van der Waals surface area contributed by atoms with Gasteiger partial charge < -0.3 is 4.74 Å². The molecule has 1 heterocycles. The second kappa shape index (κ2) is 10.2. The summed E-state index contributed by atoms with van der Waals surface area (Å²) in [5, 5.41) is 0. The molecule has 150 valence electrons. The first-order valence-corrected chi connectivity index (χ1v) is 10.6. The molecule has 0 saturated carbocycles. The molecule has 0 radical (unpaired) electrons. The van der Waals surface area contributed by atoms with Crippen molar-refractivity contribution in [2.24, 2.45) is 0 Å². The van der Waals surface area contributed by atoms with Crippen molar-refractivity contribution in [1.29, 1.82) is 0 Å². The first kappa shape index (κ1) is 19.7. The molecule has 0 bridgehead atoms. The predicted octanol–water partition coefficient (Wildman–Crippen LogP) is 4.47. The van der Waals surface area contributed by atoms with Crippen LogP contribution in [0.3, 0.4) is 0 Å². The summed E-state index contributed by atoms with van der Waals surface area (Å²) in [5.74, 6) is 1.01. The summed E-state index contributed by atoms with van der Waals surface area (Å²) in [6.45, 7) is 7.25. The summed E-state index contributed by atoms with van der Waals surface area (Å²) < 4.78 is 6.18. The lowest BCUT2D eigenvalue weighted by Gasteiger charge is -2.34. The van der Waals surface area contributed by atoms with Crippen LogP contribution in [0.4, 0.5) is 0 Å². The van der Waals surface area contributed by atoms with Crippen LogP contribution in [0.2, 0.25) is 0 Å². The van der Waals surface area contributed by atoms with Gasteiger partial charge in [-0.15, -0.1) is 0 Å². The van der Waals surface area contributed by atoms with Gasteiger partial charge in [-0.2, -0.15) is 0 Å². The SMILES string of the molecule is c1ccc(Cc2ccccc2OCCN2CCN(Cc3ccccc3)CC2)cc1. The highest BCUT2D eigenvalue weighted by Gasteiger charge is 2.17. The van der Waals surface area contributed by atoms with Crippen LogP contribution in [0.25, 0.3) is 0 Å². The van der Waals surface area contributed by atoms with E-state index in [1.807, 2.05) is 0 Å². The van der Waals surface area contributed by atoms with Crippen molar-refractivity contribution < 1.29 is 4.74 Å². The van der Waals surface area contributed by atoms with Gasteiger partial charge in [0.1, 0.15) is 12.4 Å². The molecule has 3 aromatic rings. The monoisotopic (exact) mass is 386 g/mol. The Balaban J connectivity index is 1.22. The van der Waals surface area contributed by atoms with Crippen molar-refractivity contribution in [2.45, 2.75) is 13.0 Å². The van der Waals surface area contributed by atoms with Gasteiger partial charge >= 0.3 is 0 Å². The highest BCUT2D eigenvalue weighted by atomic mass is 16.5. The number of ether oxygens (including phenoxy) is 1. The van der Waals surface area contributed by atoms with Gasteiger partial charge in [-0.25, -0.2) is 0 Å². The van der Waals surface area contributed by atoms with Crippen LogP contribution in [-0.2, 0) is 13.0 Å². The van der Waals surface area contributed by atoms with E-state index < -0.39 is 0 Å². The maximum Gasteiger partial charge on any atom is 0.122 e. The largest absolute Gasteiger partial charge is 0.492 e. The Morgan fingerprint density at radius 1 is 0.621 bits per heavy atom. The van der Waals surface area contributed by atoms with Gasteiger partial charge in [0.2, 0.25) is 0 Å². The lowest BCUT2D eigenvalue weighted by atomic mass is 10.0. The summed E-state index contributed by atoms with van der Waals surface area (Å²) in [4.78, 5) is 5.06. The van der Waals surface area contributed by atoms with Gasteiger partial charge in [-0.05, 0) is 22.8 Å². The molecule has 0 unspecified atom stereocenters. The van der Waals surface area contributed by atoms with E-state index in [0.29, 0.717) is 0 Å². The standard InChI is InChI=1S/C26H30N2O/c1-3-9-23(10-4-1)21-25-13-7-8-14-26(25)29-20-19-27-15-17-28(18-16-27)22-24-11-5-2-6-12-24/h1-14H,15-22H2. The molecule has 3 aromatic carbocycles. The molecule has 1 aliphatic heterocycles. The molecule has 4 rings (SSSR count). The van der Waals surface area contributed by atoms with Crippen molar-refractivity contribution in [2.75, 3.05) is 39.3 Å². The maximum atomic E-state index is 6.18. The fourth-order valence-corrected chi connectivity index (χ4v) is 3.90. The molecule has 0 amide bonds. The third-order valence-electron chi connectivity index (χ3n) is 5.59. The lowest BCUT2D eigenvalue weighted by Crippen LogP contribution is -2.47. The molecular weight excluding hydrogens is 356 g/mol. The summed E-state index contributed by atoms with van der Waals surface area (Å²) in [5.41, 5.74) is 3.98. The quantitative estimate of drug-likeness (QED) is 0.568. The van der Waals surface area contributed by atoms with E-state index in [1.165, 1.54) is 16.7 Å². The highest BCUT2D eigenvalue weighted by Crippen LogP contribution is 2.21. The number of rotatable bonds is 8. The third-order valence-corrected chi connectivity index (χ3v) is 5.59. The molecule has 1 aliphatic rings. The molecule has 0 spiro atoms. The summed E-state index contributed by atoms with van der Waals surface area (Å²) >= 11 is 0. The molecule has 29 heavy (non-hydrogen) atoms. The van der Waals surface area contributed by atoms with Gasteiger partial charge in [-0.1, -0.05) is 78.9 Å². The van der Waals surface area contributed by atoms with E-state index in [0.717, 1.165) is 58.0 Å². The van der Waals surface area contributed by atoms with E-state index in [1.54, 1.807) is 0 Å². The van der Waals surface area contributed by atoms with Crippen molar-refractivity contribution in [3.05, 3.63) is 102 Å². The van der Waals surface area contributed by atoms with Gasteiger partial charge in [0.25, 0.3) is 0 Å². The van der Waals surface area contributed by atoms with E-state index in [9.17, 15) is 0 Å². The van der Waals surface area contributed by atoms with Gasteiger partial charge in [0, 0.05) is 45.7 Å². The minimum Gasteiger partial charge on any atom is -0.492 e. The van der Waals surface area contributed by atoms with Crippen LogP contribution in [0, 0.1) is 0 Å². The zero-order valence-electron chi connectivity index (χ0n) is 17.0. The number of benzene rings is 3. The Morgan fingerprint density at radius 2 is 1.21 bits per heavy atom. The fraction of sp³-hybridized carbons (Fsp3) is 0.308. The Bertz CT molecular complexity index is 858. The van der Waals surface area contributed by atoms with Crippen molar-refractivity contribution >= 4 is 0 Å². The maximum absolute atomic E-state index is 6.18. The van der Waals surface area contributed by atoms with Gasteiger partial charge in [0.05, 0.1) is 0 Å². The van der Waals surface area contributed by atoms with Crippen LogP contribution < -0.4 is 4.74 Å². The minimum absolute atomic E-state index is 0.741. The summed E-state index contributed by atoms with van der Waals surface area (Å²) in [7, 11) is 0. The van der Waals surface area contributed by atoms with E-state index >= 15 is 0 Å². The first-order chi connectivity index (χ1) is 14.4. The third kappa shape index (κ3) is 5.93. The average Bonchev–Trinajstić information content (AvgIpc) is 2.78. The second-order valence-corrected chi connectivity index (χ2v) is 7.72. The number of piperazine rings is 1. The molecule has 3 nitrogen and oxygen atoms in total. The fourth-order valence-electron chi connectivity index (χ4n) is 3.90. The Hall–Kier alpha value is -2.62. The zero-order chi connectivity index (χ0) is 19.7. The van der Waals surface area contributed by atoms with E-state index in [-0.39, 0.29) is 0 Å². The van der Waals surface area contributed by atoms with Crippen LogP contribution >= 0.6 is 0 Å². The Kier molecular flexibility index (Phi) is 6.95. The van der Waals surface area contributed by atoms with E-state index in [2.05, 4.69) is 94.7 Å². The molecular formula is C26H30N2O. The number of hydrogen-bond donors (Lipinski definition) is 0. The highest BCUT2D eigenvalue weighted by molar-refractivity contribution is 5.37.